The molecule has 0 amide bonds. The third kappa shape index (κ3) is 13.7. The first-order chi connectivity index (χ1) is 10.9. The fourth-order valence-corrected chi connectivity index (χ4v) is 3.68. The summed E-state index contributed by atoms with van der Waals surface area (Å²) in [7, 11) is -4.88. The smallest absolute Gasteiger partial charge is 0.745 e. The SMILES string of the molecule is CCCCCCCCCCCC(F)(CCCCCC)S(=O)(=O)[O-].[K+]. The van der Waals surface area contributed by atoms with Gasteiger partial charge in [-0.15, -0.1) is 0 Å². The van der Waals surface area contributed by atoms with Crippen molar-refractivity contribution in [2.75, 3.05) is 0 Å². The van der Waals surface area contributed by atoms with Gasteiger partial charge in [0.2, 0.25) is 0 Å². The number of alkyl halides is 1. The number of rotatable bonds is 16. The van der Waals surface area contributed by atoms with E-state index in [1.807, 2.05) is 6.92 Å². The second-order valence-corrected chi connectivity index (χ2v) is 8.37. The van der Waals surface area contributed by atoms with E-state index in [1.165, 1.54) is 32.1 Å². The molecule has 0 aliphatic heterocycles. The molecule has 0 spiro atoms. The van der Waals surface area contributed by atoms with Crippen LogP contribution in [0.25, 0.3) is 0 Å². The van der Waals surface area contributed by atoms with Crippen LogP contribution < -0.4 is 51.4 Å². The van der Waals surface area contributed by atoms with Crippen molar-refractivity contribution < 1.29 is 68.7 Å². The summed E-state index contributed by atoms with van der Waals surface area (Å²) in [4.78, 5) is 0. The molecule has 0 aromatic rings. The van der Waals surface area contributed by atoms with E-state index in [4.69, 9.17) is 0 Å². The Kier molecular flexibility index (Phi) is 19.2. The number of halogens is 1. The molecule has 6 heteroatoms. The summed E-state index contributed by atoms with van der Waals surface area (Å²) < 4.78 is 48.3. The zero-order valence-electron chi connectivity index (χ0n) is 16.1. The second-order valence-electron chi connectivity index (χ2n) is 6.73. The average molecular weight is 391 g/mol. The van der Waals surface area contributed by atoms with Crippen molar-refractivity contribution in [3.8, 4) is 0 Å². The maximum absolute atomic E-state index is 14.5. The van der Waals surface area contributed by atoms with Gasteiger partial charge in [0.1, 0.15) is 10.1 Å². The molecule has 0 bridgehead atoms. The molecule has 0 aromatic heterocycles. The molecule has 0 saturated heterocycles. The number of hydrogen-bond donors (Lipinski definition) is 0. The monoisotopic (exact) mass is 390 g/mol. The van der Waals surface area contributed by atoms with Crippen molar-refractivity contribution in [3.63, 3.8) is 0 Å². The minimum atomic E-state index is -4.88. The Morgan fingerprint density at radius 3 is 1.33 bits per heavy atom. The largest absolute Gasteiger partial charge is 1.00 e. The minimum Gasteiger partial charge on any atom is -0.745 e. The standard InChI is InChI=1S/C18H37FO3S.K/c1-3-5-7-9-10-11-12-13-15-17-18(19,23(20,21)22)16-14-8-6-4-2;/h3-17H2,1-2H3,(H,20,21,22);/q;+1/p-1. The molecule has 0 aliphatic rings. The summed E-state index contributed by atoms with van der Waals surface area (Å²) in [6.07, 6.45) is 12.6. The van der Waals surface area contributed by atoms with Gasteiger partial charge in [0.05, 0.1) is 0 Å². The molecule has 140 valence electrons. The van der Waals surface area contributed by atoms with Gasteiger partial charge in [-0.25, -0.2) is 12.8 Å². The van der Waals surface area contributed by atoms with E-state index in [-0.39, 0.29) is 64.2 Å². The van der Waals surface area contributed by atoms with Crippen LogP contribution in [0, 0.1) is 0 Å². The van der Waals surface area contributed by atoms with Gasteiger partial charge in [-0.05, 0) is 25.7 Å². The molecule has 1 unspecified atom stereocenters. The topological polar surface area (TPSA) is 57.2 Å². The van der Waals surface area contributed by atoms with Crippen LogP contribution >= 0.6 is 0 Å². The molecule has 0 rings (SSSR count). The molecule has 3 nitrogen and oxygen atoms in total. The first-order valence-corrected chi connectivity index (χ1v) is 10.9. The minimum absolute atomic E-state index is 0. The normalized spacial score (nSPS) is 14.2. The van der Waals surface area contributed by atoms with E-state index in [2.05, 4.69) is 6.92 Å². The Labute approximate surface area is 192 Å². The zero-order valence-corrected chi connectivity index (χ0v) is 20.1. The van der Waals surface area contributed by atoms with E-state index in [0.717, 1.165) is 38.5 Å². The van der Waals surface area contributed by atoms with Gasteiger partial charge in [0.25, 0.3) is 0 Å². The maximum atomic E-state index is 14.5. The van der Waals surface area contributed by atoms with Crippen molar-refractivity contribution in [2.24, 2.45) is 0 Å². The Bertz CT molecular complexity index is 376. The van der Waals surface area contributed by atoms with E-state index in [1.54, 1.807) is 0 Å². The second kappa shape index (κ2) is 16.6. The molecular formula is C18H36FKO3S. The summed E-state index contributed by atoms with van der Waals surface area (Å²) in [6, 6.07) is 0. The van der Waals surface area contributed by atoms with Crippen molar-refractivity contribution in [1.82, 2.24) is 0 Å². The maximum Gasteiger partial charge on any atom is 1.00 e. The fraction of sp³-hybridized carbons (Fsp3) is 1.00. The average Bonchev–Trinajstić information content (AvgIpc) is 2.49. The molecule has 0 N–H and O–H groups in total. The van der Waals surface area contributed by atoms with Crippen molar-refractivity contribution >= 4 is 10.1 Å². The molecule has 1 atom stereocenters. The number of hydrogen-bond acceptors (Lipinski definition) is 3. The molecular weight excluding hydrogens is 354 g/mol. The van der Waals surface area contributed by atoms with Crippen LogP contribution in [0.15, 0.2) is 0 Å². The van der Waals surface area contributed by atoms with Gasteiger partial charge < -0.3 is 4.55 Å². The Balaban J connectivity index is 0. The molecule has 0 aliphatic carbocycles. The van der Waals surface area contributed by atoms with Crippen LogP contribution in [0.2, 0.25) is 0 Å². The molecule has 0 saturated carbocycles. The molecule has 24 heavy (non-hydrogen) atoms. The first kappa shape index (κ1) is 27.7. The fourth-order valence-electron chi connectivity index (χ4n) is 2.89. The first-order valence-electron chi connectivity index (χ1n) is 9.51. The predicted molar refractivity (Wildman–Crippen MR) is 94.1 cm³/mol. The Morgan fingerprint density at radius 1 is 0.708 bits per heavy atom. The van der Waals surface area contributed by atoms with Gasteiger partial charge in [0, 0.05) is 0 Å². The molecule has 0 radical (unpaired) electrons. The molecule has 0 fully saturated rings. The number of unbranched alkanes of at least 4 members (excludes halogenated alkanes) is 11. The van der Waals surface area contributed by atoms with Crippen LogP contribution in [0.1, 0.15) is 110 Å². The van der Waals surface area contributed by atoms with Crippen LogP contribution in [-0.2, 0) is 10.1 Å². The van der Waals surface area contributed by atoms with E-state index < -0.39 is 15.1 Å². The van der Waals surface area contributed by atoms with Gasteiger partial charge in [-0.2, -0.15) is 0 Å². The Morgan fingerprint density at radius 2 is 1.00 bits per heavy atom. The summed E-state index contributed by atoms with van der Waals surface area (Å²) in [5.41, 5.74) is 0. The quantitative estimate of drug-likeness (QED) is 0.231. The van der Waals surface area contributed by atoms with Crippen molar-refractivity contribution in [1.29, 1.82) is 0 Å². The third-order valence-electron chi connectivity index (χ3n) is 4.51. The third-order valence-corrected chi connectivity index (χ3v) is 5.81. The van der Waals surface area contributed by atoms with E-state index in [9.17, 15) is 17.4 Å². The van der Waals surface area contributed by atoms with Crippen LogP contribution in [-0.4, -0.2) is 18.0 Å². The van der Waals surface area contributed by atoms with Crippen LogP contribution in [0.3, 0.4) is 0 Å². The molecule has 0 aromatic carbocycles. The van der Waals surface area contributed by atoms with Gasteiger partial charge >= 0.3 is 51.4 Å². The summed E-state index contributed by atoms with van der Waals surface area (Å²) in [6.45, 7) is 4.23. The summed E-state index contributed by atoms with van der Waals surface area (Å²) in [5.74, 6) is 0. The van der Waals surface area contributed by atoms with Gasteiger partial charge in [-0.3, -0.25) is 0 Å². The van der Waals surface area contributed by atoms with Crippen molar-refractivity contribution in [3.05, 3.63) is 0 Å². The van der Waals surface area contributed by atoms with Gasteiger partial charge in [-0.1, -0.05) is 84.5 Å². The van der Waals surface area contributed by atoms with Crippen LogP contribution in [0.5, 0.6) is 0 Å². The Hall–Kier alpha value is 1.48. The molecule has 0 heterocycles. The predicted octanol–water partition coefficient (Wildman–Crippen LogP) is 3.09. The van der Waals surface area contributed by atoms with Gasteiger partial charge in [0.15, 0.2) is 5.00 Å². The van der Waals surface area contributed by atoms with E-state index in [0.29, 0.717) is 12.8 Å². The van der Waals surface area contributed by atoms with E-state index >= 15 is 0 Å². The zero-order chi connectivity index (χ0) is 17.6. The summed E-state index contributed by atoms with van der Waals surface area (Å²) >= 11 is 0. The van der Waals surface area contributed by atoms with Crippen molar-refractivity contribution in [2.45, 2.75) is 115 Å². The summed E-state index contributed by atoms with van der Waals surface area (Å²) in [5, 5.41) is -2.55. The van der Waals surface area contributed by atoms with Crippen LogP contribution in [0.4, 0.5) is 4.39 Å².